The van der Waals surface area contributed by atoms with Crippen molar-refractivity contribution in [2.45, 2.75) is 38.8 Å². The number of pyridine rings is 1. The molecule has 1 aromatic carbocycles. The van der Waals surface area contributed by atoms with E-state index in [1.54, 1.807) is 16.7 Å². The second-order valence-electron chi connectivity index (χ2n) is 8.01. The number of aromatic nitrogens is 2. The van der Waals surface area contributed by atoms with E-state index < -0.39 is 0 Å². The summed E-state index contributed by atoms with van der Waals surface area (Å²) in [6.07, 6.45) is 4.98. The van der Waals surface area contributed by atoms with Crippen LogP contribution in [0.3, 0.4) is 0 Å². The van der Waals surface area contributed by atoms with E-state index >= 15 is 0 Å². The fourth-order valence-corrected chi connectivity index (χ4v) is 4.55. The molecule has 2 aromatic heterocycles. The first kappa shape index (κ1) is 18.2. The number of nitrogens with zero attached hydrogens (tertiary/aromatic N) is 2. The maximum atomic E-state index is 12.6. The first-order valence-electron chi connectivity index (χ1n) is 10.4. The van der Waals surface area contributed by atoms with Crippen molar-refractivity contribution in [3.63, 3.8) is 0 Å². The summed E-state index contributed by atoms with van der Waals surface area (Å²) in [6, 6.07) is 12.3. The quantitative estimate of drug-likeness (QED) is 0.742. The van der Waals surface area contributed by atoms with Crippen LogP contribution in [0, 0.1) is 6.92 Å². The summed E-state index contributed by atoms with van der Waals surface area (Å²) in [6.45, 7) is 5.22. The second-order valence-corrected chi connectivity index (χ2v) is 8.01. The zero-order valence-electron chi connectivity index (χ0n) is 16.7. The van der Waals surface area contributed by atoms with Gasteiger partial charge in [0.15, 0.2) is 11.5 Å². The molecule has 0 amide bonds. The van der Waals surface area contributed by atoms with Crippen molar-refractivity contribution >= 4 is 5.65 Å². The molecule has 0 bridgehead atoms. The van der Waals surface area contributed by atoms with Gasteiger partial charge in [-0.3, -0.25) is 9.20 Å². The van der Waals surface area contributed by atoms with Crippen LogP contribution in [0.25, 0.3) is 5.65 Å². The van der Waals surface area contributed by atoms with Crippen LogP contribution in [0.4, 0.5) is 0 Å². The molecule has 1 unspecified atom stereocenters. The molecule has 2 atom stereocenters. The molecular weight excluding hydrogens is 366 g/mol. The Balaban J connectivity index is 1.43. The van der Waals surface area contributed by atoms with E-state index in [9.17, 15) is 4.79 Å². The Bertz CT molecular complexity index is 1110. The summed E-state index contributed by atoms with van der Waals surface area (Å²) in [7, 11) is 0. The third-order valence-electron chi connectivity index (χ3n) is 6.00. The molecule has 29 heavy (non-hydrogen) atoms. The Labute approximate surface area is 169 Å². The van der Waals surface area contributed by atoms with E-state index in [2.05, 4.69) is 12.1 Å². The number of aryl methyl sites for hydroxylation is 1. The van der Waals surface area contributed by atoms with Crippen molar-refractivity contribution in [1.29, 1.82) is 0 Å². The highest BCUT2D eigenvalue weighted by atomic mass is 16.5. The highest BCUT2D eigenvalue weighted by Crippen LogP contribution is 2.33. The highest BCUT2D eigenvalue weighted by molar-refractivity contribution is 5.47. The van der Waals surface area contributed by atoms with Gasteiger partial charge in [0.2, 0.25) is 0 Å². The molecule has 6 heteroatoms. The SMILES string of the molecule is Cc1cccn2c(=O)cc(C[NH+]3CCC[C@@H]3c3ccc4c(c3)OCCCO4)nc12. The number of benzene rings is 1. The maximum absolute atomic E-state index is 12.6. The van der Waals surface area contributed by atoms with Crippen LogP contribution in [0.1, 0.15) is 42.1 Å². The molecule has 0 spiro atoms. The summed E-state index contributed by atoms with van der Waals surface area (Å²) in [4.78, 5) is 18.8. The van der Waals surface area contributed by atoms with Crippen LogP contribution in [0.5, 0.6) is 11.5 Å². The zero-order chi connectivity index (χ0) is 19.8. The van der Waals surface area contributed by atoms with Gasteiger partial charge in [-0.1, -0.05) is 6.07 Å². The van der Waals surface area contributed by atoms with Crippen LogP contribution in [0.2, 0.25) is 0 Å². The van der Waals surface area contributed by atoms with Crippen molar-refractivity contribution in [2.24, 2.45) is 0 Å². The van der Waals surface area contributed by atoms with Crippen molar-refractivity contribution in [2.75, 3.05) is 19.8 Å². The van der Waals surface area contributed by atoms with Gasteiger partial charge in [-0.2, -0.15) is 0 Å². The highest BCUT2D eigenvalue weighted by Gasteiger charge is 2.31. The molecule has 1 saturated heterocycles. The van der Waals surface area contributed by atoms with Gasteiger partial charge in [0, 0.05) is 37.1 Å². The van der Waals surface area contributed by atoms with Crippen LogP contribution in [-0.4, -0.2) is 29.1 Å². The number of hydrogen-bond acceptors (Lipinski definition) is 4. The largest absolute Gasteiger partial charge is 0.490 e. The Hall–Kier alpha value is -2.86. The lowest BCUT2D eigenvalue weighted by molar-refractivity contribution is -0.932. The topological polar surface area (TPSA) is 57.3 Å². The Morgan fingerprint density at radius 3 is 2.90 bits per heavy atom. The lowest BCUT2D eigenvalue weighted by Gasteiger charge is -2.22. The first-order valence-corrected chi connectivity index (χ1v) is 10.4. The average molecular weight is 392 g/mol. The molecule has 6 nitrogen and oxygen atoms in total. The number of nitrogens with one attached hydrogen (secondary N) is 1. The Kier molecular flexibility index (Phi) is 4.72. The van der Waals surface area contributed by atoms with Gasteiger partial charge in [-0.15, -0.1) is 0 Å². The molecule has 5 rings (SSSR count). The lowest BCUT2D eigenvalue weighted by atomic mass is 10.0. The summed E-state index contributed by atoms with van der Waals surface area (Å²) >= 11 is 0. The molecule has 0 saturated carbocycles. The number of quaternary nitrogens is 1. The fourth-order valence-electron chi connectivity index (χ4n) is 4.55. The second kappa shape index (κ2) is 7.52. The molecule has 0 aliphatic carbocycles. The minimum atomic E-state index is -0.0144. The normalized spacial score (nSPS) is 21.3. The standard InChI is InChI=1S/C23H25N3O3/c1-16-5-2-10-26-22(27)14-18(24-23(16)26)15-25-9-3-6-19(25)17-7-8-20-21(13-17)29-12-4-11-28-20/h2,5,7-8,10,13-14,19H,3-4,6,9,11-12,15H2,1H3/p+1/t19-/m1/s1. The molecule has 2 aliphatic heterocycles. The van der Waals surface area contributed by atoms with Gasteiger partial charge in [0.25, 0.3) is 5.56 Å². The van der Waals surface area contributed by atoms with E-state index in [1.807, 2.05) is 25.1 Å². The van der Waals surface area contributed by atoms with E-state index in [-0.39, 0.29) is 5.56 Å². The molecule has 4 heterocycles. The molecule has 150 valence electrons. The predicted molar refractivity (Wildman–Crippen MR) is 110 cm³/mol. The minimum Gasteiger partial charge on any atom is -0.490 e. The van der Waals surface area contributed by atoms with E-state index in [1.165, 1.54) is 16.9 Å². The number of fused-ring (bicyclic) bond motifs is 2. The minimum absolute atomic E-state index is 0.0144. The molecule has 1 fully saturated rings. The molecule has 3 aromatic rings. The molecular formula is C23H26N3O3+. The number of rotatable bonds is 3. The van der Waals surface area contributed by atoms with Crippen LogP contribution >= 0.6 is 0 Å². The maximum Gasteiger partial charge on any atom is 0.258 e. The average Bonchev–Trinajstić information content (AvgIpc) is 3.04. The monoisotopic (exact) mass is 392 g/mol. The van der Waals surface area contributed by atoms with E-state index in [0.717, 1.165) is 54.3 Å². The van der Waals surface area contributed by atoms with Gasteiger partial charge in [-0.05, 0) is 36.8 Å². The number of likely N-dealkylation sites (tertiary alicyclic amines) is 1. The summed E-state index contributed by atoms with van der Waals surface area (Å²) in [5.41, 5.74) is 3.89. The summed E-state index contributed by atoms with van der Waals surface area (Å²) < 4.78 is 13.3. The van der Waals surface area contributed by atoms with E-state index in [4.69, 9.17) is 14.5 Å². The molecule has 0 radical (unpaired) electrons. The van der Waals surface area contributed by atoms with Gasteiger partial charge >= 0.3 is 0 Å². The third kappa shape index (κ3) is 3.49. The Morgan fingerprint density at radius 1 is 1.14 bits per heavy atom. The van der Waals surface area contributed by atoms with E-state index in [0.29, 0.717) is 19.3 Å². The lowest BCUT2D eigenvalue weighted by Crippen LogP contribution is -3.09. The van der Waals surface area contributed by atoms with Gasteiger partial charge in [-0.25, -0.2) is 4.98 Å². The van der Waals surface area contributed by atoms with Crippen molar-refractivity contribution < 1.29 is 14.4 Å². The molecule has 2 aliphatic rings. The van der Waals surface area contributed by atoms with Gasteiger partial charge in [0.05, 0.1) is 19.8 Å². The zero-order valence-corrected chi connectivity index (χ0v) is 16.7. The fraction of sp³-hybridized carbons (Fsp3) is 0.391. The van der Waals surface area contributed by atoms with Gasteiger partial charge in [0.1, 0.15) is 23.9 Å². The van der Waals surface area contributed by atoms with Crippen LogP contribution < -0.4 is 19.9 Å². The van der Waals surface area contributed by atoms with Gasteiger partial charge < -0.3 is 14.4 Å². The molecule has 1 N–H and O–H groups in total. The summed E-state index contributed by atoms with van der Waals surface area (Å²) in [5.74, 6) is 1.69. The van der Waals surface area contributed by atoms with Crippen molar-refractivity contribution in [3.05, 3.63) is 69.8 Å². The smallest absolute Gasteiger partial charge is 0.258 e. The number of hydrogen-bond donors (Lipinski definition) is 1. The Morgan fingerprint density at radius 2 is 2.00 bits per heavy atom. The predicted octanol–water partition coefficient (Wildman–Crippen LogP) is 2.08. The van der Waals surface area contributed by atoms with Crippen molar-refractivity contribution in [1.82, 2.24) is 9.38 Å². The third-order valence-corrected chi connectivity index (χ3v) is 6.00. The number of ether oxygens (including phenoxy) is 2. The summed E-state index contributed by atoms with van der Waals surface area (Å²) in [5, 5.41) is 0. The first-order chi connectivity index (χ1) is 14.2. The van der Waals surface area contributed by atoms with Crippen molar-refractivity contribution in [3.8, 4) is 11.5 Å². The van der Waals surface area contributed by atoms with Crippen LogP contribution in [-0.2, 0) is 6.54 Å². The van der Waals surface area contributed by atoms with Crippen LogP contribution in [0.15, 0.2) is 47.4 Å².